The van der Waals surface area contributed by atoms with Crippen LogP contribution in [0.25, 0.3) is 0 Å². The number of amides is 1. The van der Waals surface area contributed by atoms with Gasteiger partial charge in [0, 0.05) is 43.3 Å². The number of anilines is 1. The molecule has 1 N–H and O–H groups in total. The summed E-state index contributed by atoms with van der Waals surface area (Å²) < 4.78 is 7.30. The Balaban J connectivity index is 1.62. The van der Waals surface area contributed by atoms with Crippen molar-refractivity contribution in [3.8, 4) is 0 Å². The lowest BCUT2D eigenvalue weighted by atomic mass is 9.97. The van der Waals surface area contributed by atoms with E-state index in [1.54, 1.807) is 24.5 Å². The number of aryl methyl sites for hydroxylation is 1. The summed E-state index contributed by atoms with van der Waals surface area (Å²) in [5.74, 6) is 1.59. The summed E-state index contributed by atoms with van der Waals surface area (Å²) in [5, 5.41) is 2.84. The summed E-state index contributed by atoms with van der Waals surface area (Å²) in [7, 11) is 0. The molecule has 2 aromatic heterocycles. The van der Waals surface area contributed by atoms with Gasteiger partial charge in [-0.2, -0.15) is 0 Å². The lowest BCUT2D eigenvalue weighted by Crippen LogP contribution is -2.19. The Kier molecular flexibility index (Phi) is 7.08. The van der Waals surface area contributed by atoms with Gasteiger partial charge < -0.3 is 14.6 Å². The summed E-state index contributed by atoms with van der Waals surface area (Å²) in [5.41, 5.74) is 2.60. The Morgan fingerprint density at radius 1 is 1.41 bits per heavy atom. The summed E-state index contributed by atoms with van der Waals surface area (Å²) >= 11 is 0. The van der Waals surface area contributed by atoms with Gasteiger partial charge in [0.1, 0.15) is 18.2 Å². The molecule has 0 radical (unpaired) electrons. The molecule has 1 saturated heterocycles. The molecule has 7 nitrogen and oxygen atoms in total. The van der Waals surface area contributed by atoms with Crippen LogP contribution in [0.3, 0.4) is 0 Å². The maximum absolute atomic E-state index is 12.5. The molecule has 0 atom stereocenters. The van der Waals surface area contributed by atoms with Crippen molar-refractivity contribution in [3.63, 3.8) is 0 Å². The number of imidazole rings is 1. The predicted molar refractivity (Wildman–Crippen MR) is 114 cm³/mol. The second kappa shape index (κ2) is 9.93. The van der Waals surface area contributed by atoms with Crippen molar-refractivity contribution < 1.29 is 9.53 Å². The average molecular weight is 393 g/mol. The zero-order valence-corrected chi connectivity index (χ0v) is 17.0. The van der Waals surface area contributed by atoms with E-state index in [1.807, 2.05) is 36.8 Å². The molecule has 3 rings (SSSR count). The molecule has 7 heteroatoms. The fourth-order valence-electron chi connectivity index (χ4n) is 3.24. The molecule has 0 aromatic carbocycles. The molecule has 1 aliphatic rings. The highest BCUT2D eigenvalue weighted by atomic mass is 16.5. The Hall–Kier alpha value is -3.06. The SMILES string of the molecule is C=CC(=N/C=C\C)c1ccc(NC(=O)Cn2cc(C3CCOCC3)nc2C)nc1. The van der Waals surface area contributed by atoms with Gasteiger partial charge in [0.05, 0.1) is 11.4 Å². The summed E-state index contributed by atoms with van der Waals surface area (Å²) in [6.45, 7) is 9.33. The number of ether oxygens (including phenoxy) is 1. The number of aliphatic imine (C=N–C) groups is 1. The number of allylic oxidation sites excluding steroid dienone is 2. The Morgan fingerprint density at radius 3 is 2.86 bits per heavy atom. The van der Waals surface area contributed by atoms with Gasteiger partial charge in [0.25, 0.3) is 0 Å². The number of pyridine rings is 1. The van der Waals surface area contributed by atoms with Crippen molar-refractivity contribution in [1.82, 2.24) is 14.5 Å². The van der Waals surface area contributed by atoms with Crippen LogP contribution in [-0.2, 0) is 16.1 Å². The average Bonchev–Trinajstić information content (AvgIpc) is 3.10. The van der Waals surface area contributed by atoms with Gasteiger partial charge >= 0.3 is 0 Å². The molecule has 2 aromatic rings. The van der Waals surface area contributed by atoms with Gasteiger partial charge in [0.15, 0.2) is 0 Å². The second-order valence-corrected chi connectivity index (χ2v) is 6.91. The largest absolute Gasteiger partial charge is 0.381 e. The first-order valence-corrected chi connectivity index (χ1v) is 9.79. The van der Waals surface area contributed by atoms with Gasteiger partial charge in [-0.05, 0) is 44.9 Å². The number of hydrogen-bond donors (Lipinski definition) is 1. The van der Waals surface area contributed by atoms with Crippen LogP contribution in [0.4, 0.5) is 5.82 Å². The highest BCUT2D eigenvalue weighted by Gasteiger charge is 2.20. The minimum absolute atomic E-state index is 0.143. The minimum Gasteiger partial charge on any atom is -0.381 e. The zero-order chi connectivity index (χ0) is 20.6. The van der Waals surface area contributed by atoms with Crippen LogP contribution in [0.2, 0.25) is 0 Å². The van der Waals surface area contributed by atoms with Gasteiger partial charge in [0.2, 0.25) is 5.91 Å². The molecule has 0 aliphatic carbocycles. The van der Waals surface area contributed by atoms with E-state index < -0.39 is 0 Å². The maximum atomic E-state index is 12.5. The van der Waals surface area contributed by atoms with Crippen LogP contribution in [0, 0.1) is 6.92 Å². The van der Waals surface area contributed by atoms with Crippen molar-refractivity contribution >= 4 is 17.4 Å². The number of carbonyl (C=O) groups excluding carboxylic acids is 1. The zero-order valence-electron chi connectivity index (χ0n) is 17.0. The normalized spacial score (nSPS) is 15.6. The third kappa shape index (κ3) is 5.48. The molecule has 0 spiro atoms. The first kappa shape index (κ1) is 20.7. The molecule has 1 fully saturated rings. The summed E-state index contributed by atoms with van der Waals surface area (Å²) in [4.78, 5) is 25.7. The predicted octanol–water partition coefficient (Wildman–Crippen LogP) is 3.63. The standard InChI is InChI=1S/C22H27N5O2/c1-4-10-23-19(5-2)18-6-7-21(24-13-18)26-22(28)15-27-14-20(25-16(27)3)17-8-11-29-12-9-17/h4-7,10,13-14,17H,2,8-9,11-12,15H2,1,3H3,(H,24,26,28)/b10-4-,23-19?. The molecule has 3 heterocycles. The molecule has 0 saturated carbocycles. The lowest BCUT2D eigenvalue weighted by molar-refractivity contribution is -0.116. The van der Waals surface area contributed by atoms with Gasteiger partial charge in [-0.1, -0.05) is 12.7 Å². The Bertz CT molecular complexity index is 906. The summed E-state index contributed by atoms with van der Waals surface area (Å²) in [6.07, 6.45) is 10.8. The van der Waals surface area contributed by atoms with Crippen molar-refractivity contribution in [2.75, 3.05) is 18.5 Å². The highest BCUT2D eigenvalue weighted by Crippen LogP contribution is 2.26. The number of hydrogen-bond acceptors (Lipinski definition) is 5. The molecule has 1 amide bonds. The van der Waals surface area contributed by atoms with Crippen molar-refractivity contribution in [1.29, 1.82) is 0 Å². The fraction of sp³-hybridized carbons (Fsp3) is 0.364. The van der Waals surface area contributed by atoms with Crippen LogP contribution in [-0.4, -0.2) is 39.4 Å². The van der Waals surface area contributed by atoms with E-state index in [2.05, 4.69) is 26.9 Å². The van der Waals surface area contributed by atoms with E-state index in [4.69, 9.17) is 4.74 Å². The van der Waals surface area contributed by atoms with Crippen LogP contribution in [0.15, 0.2) is 54.4 Å². The highest BCUT2D eigenvalue weighted by molar-refractivity contribution is 6.08. The van der Waals surface area contributed by atoms with Gasteiger partial charge in [-0.25, -0.2) is 9.97 Å². The third-order valence-corrected chi connectivity index (χ3v) is 4.83. The quantitative estimate of drug-likeness (QED) is 0.729. The molecule has 29 heavy (non-hydrogen) atoms. The first-order valence-electron chi connectivity index (χ1n) is 9.79. The molecule has 0 unspecified atom stereocenters. The monoisotopic (exact) mass is 393 g/mol. The lowest BCUT2D eigenvalue weighted by Gasteiger charge is -2.19. The van der Waals surface area contributed by atoms with Crippen molar-refractivity contribution in [2.24, 2.45) is 4.99 Å². The van der Waals surface area contributed by atoms with Crippen LogP contribution >= 0.6 is 0 Å². The van der Waals surface area contributed by atoms with E-state index in [-0.39, 0.29) is 12.5 Å². The molecular formula is C22H27N5O2. The number of carbonyl (C=O) groups is 1. The van der Waals surface area contributed by atoms with E-state index in [0.29, 0.717) is 11.7 Å². The molecular weight excluding hydrogens is 366 g/mol. The van der Waals surface area contributed by atoms with Crippen LogP contribution < -0.4 is 5.32 Å². The third-order valence-electron chi connectivity index (χ3n) is 4.83. The Labute approximate surface area is 171 Å². The van der Waals surface area contributed by atoms with E-state index in [0.717, 1.165) is 48.8 Å². The molecule has 152 valence electrons. The van der Waals surface area contributed by atoms with E-state index >= 15 is 0 Å². The van der Waals surface area contributed by atoms with Crippen LogP contribution in [0.1, 0.15) is 42.8 Å². The van der Waals surface area contributed by atoms with E-state index in [1.165, 1.54) is 0 Å². The van der Waals surface area contributed by atoms with Crippen molar-refractivity contribution in [3.05, 3.63) is 66.5 Å². The first-order chi connectivity index (χ1) is 14.1. The number of rotatable bonds is 7. The Morgan fingerprint density at radius 2 is 2.21 bits per heavy atom. The number of aromatic nitrogens is 3. The van der Waals surface area contributed by atoms with Crippen molar-refractivity contribution in [2.45, 2.75) is 39.2 Å². The van der Waals surface area contributed by atoms with E-state index in [9.17, 15) is 4.79 Å². The number of nitrogens with zero attached hydrogens (tertiary/aromatic N) is 4. The maximum Gasteiger partial charge on any atom is 0.245 e. The van der Waals surface area contributed by atoms with Crippen LogP contribution in [0.5, 0.6) is 0 Å². The second-order valence-electron chi connectivity index (χ2n) is 6.91. The minimum atomic E-state index is -0.143. The van der Waals surface area contributed by atoms with Gasteiger partial charge in [-0.3, -0.25) is 9.79 Å². The topological polar surface area (TPSA) is 81.4 Å². The fourth-order valence-corrected chi connectivity index (χ4v) is 3.24. The molecule has 1 aliphatic heterocycles. The van der Waals surface area contributed by atoms with Gasteiger partial charge in [-0.15, -0.1) is 0 Å². The number of nitrogens with one attached hydrogen (secondary N) is 1. The molecule has 0 bridgehead atoms. The summed E-state index contributed by atoms with van der Waals surface area (Å²) in [6, 6.07) is 3.62. The smallest absolute Gasteiger partial charge is 0.245 e.